The molecule has 0 radical (unpaired) electrons. The van der Waals surface area contributed by atoms with Gasteiger partial charge in [-0.2, -0.15) is 5.10 Å². The topological polar surface area (TPSA) is 91.5 Å². The molecular weight excluding hydrogens is 280 g/mol. The Hall–Kier alpha value is -3.02. The van der Waals surface area contributed by atoms with E-state index < -0.39 is 11.6 Å². The number of aromatic amines is 2. The summed E-state index contributed by atoms with van der Waals surface area (Å²) in [6, 6.07) is 11.9. The van der Waals surface area contributed by atoms with Gasteiger partial charge in [0.25, 0.3) is 5.78 Å². The monoisotopic (exact) mass is 294 g/mol. The predicted octanol–water partition coefficient (Wildman–Crippen LogP) is 1.72. The maximum absolute atomic E-state index is 11.9. The summed E-state index contributed by atoms with van der Waals surface area (Å²) >= 11 is 0. The third-order valence-electron chi connectivity index (χ3n) is 3.29. The molecule has 6 nitrogen and oxygen atoms in total. The normalized spacial score (nSPS) is 10.5. The molecule has 2 N–H and O–H groups in total. The van der Waals surface area contributed by atoms with Crippen LogP contribution < -0.4 is 0 Å². The highest BCUT2D eigenvalue weighted by Gasteiger charge is 2.19. The van der Waals surface area contributed by atoms with Crippen molar-refractivity contribution >= 4 is 11.6 Å². The third kappa shape index (κ3) is 3.17. The molecule has 6 heteroatoms. The molecule has 0 aliphatic rings. The molecule has 2 heterocycles. The summed E-state index contributed by atoms with van der Waals surface area (Å²) in [5.41, 5.74) is 2.97. The van der Waals surface area contributed by atoms with Gasteiger partial charge in [0.05, 0.1) is 6.42 Å². The molecule has 0 amide bonds. The summed E-state index contributed by atoms with van der Waals surface area (Å²) in [6.07, 6.45) is 3.86. The van der Waals surface area contributed by atoms with Gasteiger partial charge in [-0.15, -0.1) is 0 Å². The lowest BCUT2D eigenvalue weighted by Crippen LogP contribution is -2.18. The van der Waals surface area contributed by atoms with E-state index in [-0.39, 0.29) is 12.2 Å². The number of aromatic nitrogens is 4. The van der Waals surface area contributed by atoms with Crippen LogP contribution in [0.25, 0.3) is 0 Å². The van der Waals surface area contributed by atoms with E-state index in [0.717, 1.165) is 12.0 Å². The maximum atomic E-state index is 11.9. The number of Topliss-reactive ketones (excluding diaryl/α,β-unsaturated/α-hetero) is 2. The minimum atomic E-state index is -0.656. The fraction of sp³-hybridized carbons (Fsp3) is 0.125. The van der Waals surface area contributed by atoms with Crippen molar-refractivity contribution < 1.29 is 9.59 Å². The standard InChI is InChI=1S/C16H14N4O2/c21-14(15(22)16-18-10-19-20-16)8-13-7-12(9-17-13)6-11-4-2-1-3-5-11/h1-5,7,9-10,17H,6,8H2,(H,18,19,20). The number of carbonyl (C=O) groups is 2. The number of nitrogens with zero attached hydrogens (tertiary/aromatic N) is 2. The van der Waals surface area contributed by atoms with Gasteiger partial charge in [-0.3, -0.25) is 14.7 Å². The van der Waals surface area contributed by atoms with Gasteiger partial charge >= 0.3 is 0 Å². The molecule has 1 aromatic carbocycles. The average molecular weight is 294 g/mol. The summed E-state index contributed by atoms with van der Waals surface area (Å²) in [5, 5.41) is 5.97. The van der Waals surface area contributed by atoms with E-state index in [9.17, 15) is 9.59 Å². The molecule has 0 aliphatic carbocycles. The van der Waals surface area contributed by atoms with E-state index in [1.807, 2.05) is 42.6 Å². The zero-order chi connectivity index (χ0) is 15.4. The molecular formula is C16H14N4O2. The largest absolute Gasteiger partial charge is 0.364 e. The lowest BCUT2D eigenvalue weighted by atomic mass is 10.1. The van der Waals surface area contributed by atoms with Crippen molar-refractivity contribution in [3.05, 3.63) is 71.6 Å². The van der Waals surface area contributed by atoms with Crippen LogP contribution in [0.3, 0.4) is 0 Å². The van der Waals surface area contributed by atoms with Crippen LogP contribution in [-0.2, 0) is 17.6 Å². The molecule has 3 rings (SSSR count). The van der Waals surface area contributed by atoms with Gasteiger partial charge in [0, 0.05) is 11.9 Å². The Balaban J connectivity index is 1.64. The van der Waals surface area contributed by atoms with Crippen LogP contribution in [0.15, 0.2) is 48.9 Å². The zero-order valence-electron chi connectivity index (χ0n) is 11.7. The number of H-pyrrole nitrogens is 2. The molecule has 0 saturated carbocycles. The van der Waals surface area contributed by atoms with E-state index >= 15 is 0 Å². The van der Waals surface area contributed by atoms with Crippen LogP contribution in [0, 0.1) is 0 Å². The zero-order valence-corrected chi connectivity index (χ0v) is 11.7. The smallest absolute Gasteiger partial charge is 0.265 e. The second kappa shape index (κ2) is 6.17. The van der Waals surface area contributed by atoms with Crippen LogP contribution >= 0.6 is 0 Å². The van der Waals surface area contributed by atoms with Crippen LogP contribution in [0.1, 0.15) is 27.4 Å². The van der Waals surface area contributed by atoms with Gasteiger partial charge < -0.3 is 4.98 Å². The molecule has 0 aliphatic heterocycles. The molecule has 0 saturated heterocycles. The van der Waals surface area contributed by atoms with E-state index in [2.05, 4.69) is 20.2 Å². The van der Waals surface area contributed by atoms with Crippen LogP contribution in [0.5, 0.6) is 0 Å². The highest BCUT2D eigenvalue weighted by molar-refractivity contribution is 6.43. The minimum Gasteiger partial charge on any atom is -0.364 e. The first-order valence-corrected chi connectivity index (χ1v) is 6.85. The second-order valence-electron chi connectivity index (χ2n) is 4.96. The average Bonchev–Trinajstić information content (AvgIpc) is 3.19. The fourth-order valence-electron chi connectivity index (χ4n) is 2.23. The van der Waals surface area contributed by atoms with Gasteiger partial charge in [0.1, 0.15) is 6.33 Å². The summed E-state index contributed by atoms with van der Waals surface area (Å²) < 4.78 is 0. The number of rotatable bonds is 6. The van der Waals surface area contributed by atoms with Gasteiger partial charge in [0.2, 0.25) is 5.78 Å². The lowest BCUT2D eigenvalue weighted by molar-refractivity contribution is -0.114. The van der Waals surface area contributed by atoms with E-state index in [4.69, 9.17) is 0 Å². The first kappa shape index (κ1) is 13.9. The molecule has 0 bridgehead atoms. The first-order valence-electron chi connectivity index (χ1n) is 6.85. The van der Waals surface area contributed by atoms with Crippen LogP contribution in [0.2, 0.25) is 0 Å². The molecule has 0 atom stereocenters. The fourth-order valence-corrected chi connectivity index (χ4v) is 2.23. The van der Waals surface area contributed by atoms with Crippen LogP contribution in [-0.4, -0.2) is 31.7 Å². The van der Waals surface area contributed by atoms with Crippen molar-refractivity contribution in [2.75, 3.05) is 0 Å². The van der Waals surface area contributed by atoms with Gasteiger partial charge in [-0.05, 0) is 23.6 Å². The summed E-state index contributed by atoms with van der Waals surface area (Å²) in [7, 11) is 0. The van der Waals surface area contributed by atoms with Gasteiger partial charge in [-0.1, -0.05) is 30.3 Å². The predicted molar refractivity (Wildman–Crippen MR) is 79.5 cm³/mol. The van der Waals surface area contributed by atoms with Crippen molar-refractivity contribution in [1.82, 2.24) is 20.2 Å². The molecule has 110 valence electrons. The Kier molecular flexibility index (Phi) is 3.91. The molecule has 0 spiro atoms. The highest BCUT2D eigenvalue weighted by Crippen LogP contribution is 2.11. The SMILES string of the molecule is O=C(Cc1cc(Cc2ccccc2)c[nH]1)C(=O)c1ncn[nH]1. The molecule has 22 heavy (non-hydrogen) atoms. The summed E-state index contributed by atoms with van der Waals surface area (Å²) in [5.74, 6) is -1.21. The first-order chi connectivity index (χ1) is 10.7. The van der Waals surface area contributed by atoms with Crippen molar-refractivity contribution in [2.24, 2.45) is 0 Å². The molecule has 0 unspecified atom stereocenters. The van der Waals surface area contributed by atoms with E-state index in [1.54, 1.807) is 0 Å². The number of benzene rings is 1. The summed E-state index contributed by atoms with van der Waals surface area (Å²) in [4.78, 5) is 30.5. The molecule has 3 aromatic rings. The summed E-state index contributed by atoms with van der Waals surface area (Å²) in [6.45, 7) is 0. The number of carbonyl (C=O) groups excluding carboxylic acids is 2. The number of hydrogen-bond acceptors (Lipinski definition) is 4. The van der Waals surface area contributed by atoms with Crippen molar-refractivity contribution in [3.63, 3.8) is 0 Å². The highest BCUT2D eigenvalue weighted by atomic mass is 16.2. The number of nitrogens with one attached hydrogen (secondary N) is 2. The number of ketones is 2. The Morgan fingerprint density at radius 3 is 2.64 bits per heavy atom. The Labute approximate surface area is 126 Å². The number of hydrogen-bond donors (Lipinski definition) is 2. The van der Waals surface area contributed by atoms with Crippen molar-refractivity contribution in [2.45, 2.75) is 12.8 Å². The molecule has 0 fully saturated rings. The van der Waals surface area contributed by atoms with Crippen molar-refractivity contribution in [3.8, 4) is 0 Å². The Morgan fingerprint density at radius 2 is 1.91 bits per heavy atom. The van der Waals surface area contributed by atoms with E-state index in [1.165, 1.54) is 11.9 Å². The lowest BCUT2D eigenvalue weighted by Gasteiger charge is -1.97. The second-order valence-corrected chi connectivity index (χ2v) is 4.96. The maximum Gasteiger partial charge on any atom is 0.265 e. The van der Waals surface area contributed by atoms with Crippen LogP contribution in [0.4, 0.5) is 0 Å². The van der Waals surface area contributed by atoms with Gasteiger partial charge in [0.15, 0.2) is 5.82 Å². The Bertz CT molecular complexity index is 776. The quantitative estimate of drug-likeness (QED) is 0.535. The molecule has 2 aromatic heterocycles. The van der Waals surface area contributed by atoms with Gasteiger partial charge in [-0.25, -0.2) is 4.98 Å². The van der Waals surface area contributed by atoms with E-state index in [0.29, 0.717) is 5.69 Å². The Morgan fingerprint density at radius 1 is 1.09 bits per heavy atom. The minimum absolute atomic E-state index is 0.0221. The van der Waals surface area contributed by atoms with Crippen molar-refractivity contribution in [1.29, 1.82) is 0 Å². The third-order valence-corrected chi connectivity index (χ3v) is 3.29.